The predicted octanol–water partition coefficient (Wildman–Crippen LogP) is 3.93. The van der Waals surface area contributed by atoms with Crippen molar-refractivity contribution >= 4 is 11.9 Å². The average Bonchev–Trinajstić information content (AvgIpc) is 2.90. The Kier molecular flexibility index (Phi) is 5.49. The van der Waals surface area contributed by atoms with Crippen molar-refractivity contribution in [3.63, 3.8) is 0 Å². The zero-order chi connectivity index (χ0) is 19.4. The van der Waals surface area contributed by atoms with E-state index in [1.54, 1.807) is 0 Å². The molecule has 1 aliphatic rings. The fourth-order valence-electron chi connectivity index (χ4n) is 3.62. The number of carbonyl (C=O) groups is 2. The van der Waals surface area contributed by atoms with Gasteiger partial charge in [-0.15, -0.1) is 0 Å². The summed E-state index contributed by atoms with van der Waals surface area (Å²) in [5.74, 6) is 0.629. The van der Waals surface area contributed by atoms with Crippen molar-refractivity contribution in [3.8, 4) is 5.75 Å². The molecule has 1 fully saturated rings. The van der Waals surface area contributed by atoms with Gasteiger partial charge in [-0.3, -0.25) is 9.69 Å². The fraction of sp³-hybridized carbons (Fsp3) is 0.364. The summed E-state index contributed by atoms with van der Waals surface area (Å²) in [6.45, 7) is 6.76. The Balaban J connectivity index is 1.62. The van der Waals surface area contributed by atoms with Crippen LogP contribution in [0.4, 0.5) is 4.79 Å². The molecule has 1 unspecified atom stereocenters. The Bertz CT molecular complexity index is 814. The standard InChI is InChI=1S/C22H26N2O3/c1-4-22(18-9-6-5-7-10-18)20(25)24(21(26)23-22)11-8-12-27-19-14-16(2)13-17(3)15-19/h5-7,9-10,13-15H,4,8,11-12H2,1-3H3,(H,23,26). The van der Waals surface area contributed by atoms with Gasteiger partial charge in [0.05, 0.1) is 6.61 Å². The number of rotatable bonds is 7. The SMILES string of the molecule is CCC1(c2ccccc2)NC(=O)N(CCCOc2cc(C)cc(C)c2)C1=O. The van der Waals surface area contributed by atoms with Gasteiger partial charge in [-0.25, -0.2) is 4.79 Å². The molecule has 1 aliphatic heterocycles. The fourth-order valence-corrected chi connectivity index (χ4v) is 3.62. The monoisotopic (exact) mass is 366 g/mol. The summed E-state index contributed by atoms with van der Waals surface area (Å²) in [5, 5.41) is 2.90. The molecule has 2 aromatic carbocycles. The van der Waals surface area contributed by atoms with Crippen LogP contribution in [0.25, 0.3) is 0 Å². The van der Waals surface area contributed by atoms with Crippen LogP contribution in [0.1, 0.15) is 36.5 Å². The molecule has 5 heteroatoms. The Labute approximate surface area is 160 Å². The third-order valence-electron chi connectivity index (χ3n) is 4.96. The molecule has 1 atom stereocenters. The van der Waals surface area contributed by atoms with Gasteiger partial charge in [0.15, 0.2) is 0 Å². The number of hydrogen-bond donors (Lipinski definition) is 1. The number of urea groups is 1. The Morgan fingerprint density at radius 2 is 1.70 bits per heavy atom. The third kappa shape index (κ3) is 3.82. The van der Waals surface area contributed by atoms with Crippen LogP contribution in [0.3, 0.4) is 0 Å². The van der Waals surface area contributed by atoms with Gasteiger partial charge in [0.2, 0.25) is 0 Å². The van der Waals surface area contributed by atoms with E-state index >= 15 is 0 Å². The van der Waals surface area contributed by atoms with Gasteiger partial charge in [0.25, 0.3) is 5.91 Å². The molecule has 0 radical (unpaired) electrons. The normalized spacial score (nSPS) is 19.3. The first-order chi connectivity index (χ1) is 13.0. The van der Waals surface area contributed by atoms with Gasteiger partial charge < -0.3 is 10.1 Å². The smallest absolute Gasteiger partial charge is 0.325 e. The van der Waals surface area contributed by atoms with Crippen molar-refractivity contribution in [2.24, 2.45) is 0 Å². The zero-order valence-corrected chi connectivity index (χ0v) is 16.1. The molecule has 1 N–H and O–H groups in total. The van der Waals surface area contributed by atoms with E-state index in [4.69, 9.17) is 4.74 Å². The molecule has 0 aliphatic carbocycles. The second kappa shape index (κ2) is 7.82. The molecular formula is C22H26N2O3. The number of imide groups is 1. The highest BCUT2D eigenvalue weighted by Gasteiger charge is 2.50. The number of aryl methyl sites for hydroxylation is 2. The number of amides is 3. The van der Waals surface area contributed by atoms with Crippen molar-refractivity contribution in [1.82, 2.24) is 10.2 Å². The lowest BCUT2D eigenvalue weighted by Crippen LogP contribution is -2.43. The number of nitrogens with one attached hydrogen (secondary N) is 1. The van der Waals surface area contributed by atoms with Crippen LogP contribution in [0.15, 0.2) is 48.5 Å². The topological polar surface area (TPSA) is 58.6 Å². The van der Waals surface area contributed by atoms with E-state index in [1.165, 1.54) is 4.90 Å². The average molecular weight is 366 g/mol. The van der Waals surface area contributed by atoms with Crippen LogP contribution in [-0.2, 0) is 10.3 Å². The van der Waals surface area contributed by atoms with Crippen LogP contribution in [0.5, 0.6) is 5.75 Å². The zero-order valence-electron chi connectivity index (χ0n) is 16.1. The maximum Gasteiger partial charge on any atom is 0.325 e. The van der Waals surface area contributed by atoms with E-state index in [2.05, 4.69) is 11.4 Å². The molecule has 1 heterocycles. The Morgan fingerprint density at radius 1 is 1.04 bits per heavy atom. The third-order valence-corrected chi connectivity index (χ3v) is 4.96. The minimum Gasteiger partial charge on any atom is -0.494 e. The lowest BCUT2D eigenvalue weighted by atomic mass is 9.87. The summed E-state index contributed by atoms with van der Waals surface area (Å²) >= 11 is 0. The maximum absolute atomic E-state index is 13.0. The molecule has 0 aromatic heterocycles. The van der Waals surface area contributed by atoms with E-state index in [0.29, 0.717) is 26.0 Å². The van der Waals surface area contributed by atoms with E-state index < -0.39 is 5.54 Å². The lowest BCUT2D eigenvalue weighted by Gasteiger charge is -2.25. The molecule has 0 saturated carbocycles. The lowest BCUT2D eigenvalue weighted by molar-refractivity contribution is -0.131. The van der Waals surface area contributed by atoms with Gasteiger partial charge in [-0.2, -0.15) is 0 Å². The van der Waals surface area contributed by atoms with Gasteiger partial charge in [-0.1, -0.05) is 43.3 Å². The van der Waals surface area contributed by atoms with Crippen LogP contribution in [0.2, 0.25) is 0 Å². The first-order valence-electron chi connectivity index (χ1n) is 9.37. The first kappa shape index (κ1) is 19.0. The minimum absolute atomic E-state index is 0.187. The van der Waals surface area contributed by atoms with Crippen LogP contribution < -0.4 is 10.1 Å². The Hall–Kier alpha value is -2.82. The molecule has 5 nitrogen and oxygen atoms in total. The second-order valence-corrected chi connectivity index (χ2v) is 7.04. The molecule has 3 amide bonds. The molecule has 3 rings (SSSR count). The highest BCUT2D eigenvalue weighted by Crippen LogP contribution is 2.32. The number of ether oxygens (including phenoxy) is 1. The van der Waals surface area contributed by atoms with Gasteiger partial charge in [0, 0.05) is 6.54 Å². The van der Waals surface area contributed by atoms with Crippen molar-refractivity contribution in [2.75, 3.05) is 13.2 Å². The highest BCUT2D eigenvalue weighted by atomic mass is 16.5. The number of nitrogens with zero attached hydrogens (tertiary/aromatic N) is 1. The van der Waals surface area contributed by atoms with Crippen molar-refractivity contribution < 1.29 is 14.3 Å². The highest BCUT2D eigenvalue weighted by molar-refractivity contribution is 6.07. The van der Waals surface area contributed by atoms with Gasteiger partial charge >= 0.3 is 6.03 Å². The van der Waals surface area contributed by atoms with Crippen molar-refractivity contribution in [3.05, 3.63) is 65.2 Å². The number of benzene rings is 2. The van der Waals surface area contributed by atoms with Gasteiger partial charge in [-0.05, 0) is 55.5 Å². The molecule has 0 bridgehead atoms. The predicted molar refractivity (Wildman–Crippen MR) is 105 cm³/mol. The van der Waals surface area contributed by atoms with Crippen molar-refractivity contribution in [1.29, 1.82) is 0 Å². The quantitative estimate of drug-likeness (QED) is 0.597. The van der Waals surface area contributed by atoms with E-state index in [0.717, 1.165) is 22.4 Å². The largest absolute Gasteiger partial charge is 0.494 e. The second-order valence-electron chi connectivity index (χ2n) is 7.04. The summed E-state index contributed by atoms with van der Waals surface area (Å²) in [6, 6.07) is 15.2. The van der Waals surface area contributed by atoms with E-state index in [-0.39, 0.29) is 11.9 Å². The van der Waals surface area contributed by atoms with Crippen LogP contribution in [-0.4, -0.2) is 30.0 Å². The summed E-state index contributed by atoms with van der Waals surface area (Å²) in [7, 11) is 0. The number of hydrogen-bond acceptors (Lipinski definition) is 3. The van der Waals surface area contributed by atoms with Crippen LogP contribution in [0, 0.1) is 13.8 Å². The molecule has 2 aromatic rings. The molecule has 27 heavy (non-hydrogen) atoms. The summed E-state index contributed by atoms with van der Waals surface area (Å²) < 4.78 is 5.79. The van der Waals surface area contributed by atoms with Gasteiger partial charge in [0.1, 0.15) is 11.3 Å². The van der Waals surface area contributed by atoms with Crippen LogP contribution >= 0.6 is 0 Å². The number of carbonyl (C=O) groups excluding carboxylic acids is 2. The Morgan fingerprint density at radius 3 is 2.33 bits per heavy atom. The molecule has 1 saturated heterocycles. The summed E-state index contributed by atoms with van der Waals surface area (Å²) in [4.78, 5) is 26.8. The summed E-state index contributed by atoms with van der Waals surface area (Å²) in [6.07, 6.45) is 1.10. The maximum atomic E-state index is 13.0. The minimum atomic E-state index is -0.965. The van der Waals surface area contributed by atoms with E-state index in [9.17, 15) is 9.59 Å². The molecule has 0 spiro atoms. The molecule has 142 valence electrons. The molecular weight excluding hydrogens is 340 g/mol. The van der Waals surface area contributed by atoms with E-state index in [1.807, 2.05) is 63.2 Å². The van der Waals surface area contributed by atoms with Crippen molar-refractivity contribution in [2.45, 2.75) is 39.2 Å². The first-order valence-corrected chi connectivity index (χ1v) is 9.37. The summed E-state index contributed by atoms with van der Waals surface area (Å²) in [5.41, 5.74) is 2.15.